The summed E-state index contributed by atoms with van der Waals surface area (Å²) < 4.78 is 16.6. The van der Waals surface area contributed by atoms with Crippen LogP contribution >= 0.6 is 0 Å². The number of nitrogens with one attached hydrogen (secondary N) is 1. The first-order valence-corrected chi connectivity index (χ1v) is 9.74. The average Bonchev–Trinajstić information content (AvgIpc) is 3.18. The summed E-state index contributed by atoms with van der Waals surface area (Å²) in [4.78, 5) is 42.9. The molecule has 2 amide bonds. The van der Waals surface area contributed by atoms with E-state index in [9.17, 15) is 18.8 Å². The van der Waals surface area contributed by atoms with Crippen LogP contribution in [0.4, 0.5) is 10.1 Å². The van der Waals surface area contributed by atoms with E-state index >= 15 is 0 Å². The molecule has 10 heteroatoms. The third kappa shape index (κ3) is 4.09. The third-order valence-corrected chi connectivity index (χ3v) is 5.32. The molecule has 3 aromatic rings. The number of hydrogen-bond acceptors (Lipinski definition) is 5. The van der Waals surface area contributed by atoms with Crippen LogP contribution in [-0.2, 0) is 24.8 Å². The predicted molar refractivity (Wildman–Crippen MR) is 110 cm³/mol. The average molecular weight is 424 g/mol. The van der Waals surface area contributed by atoms with Gasteiger partial charge in [-0.2, -0.15) is 0 Å². The van der Waals surface area contributed by atoms with Gasteiger partial charge in [-0.05, 0) is 24.5 Å². The summed E-state index contributed by atoms with van der Waals surface area (Å²) in [5.74, 6) is -1.37. The molecule has 1 unspecified atom stereocenters. The zero-order valence-electron chi connectivity index (χ0n) is 17.1. The second-order valence-corrected chi connectivity index (χ2v) is 7.45. The Morgan fingerprint density at radius 2 is 2.03 bits per heavy atom. The third-order valence-electron chi connectivity index (χ3n) is 5.32. The molecule has 2 aromatic heterocycles. The van der Waals surface area contributed by atoms with Crippen molar-refractivity contribution in [2.24, 2.45) is 7.05 Å². The summed E-state index contributed by atoms with van der Waals surface area (Å²) in [7, 11) is 3.23. The number of pyridine rings is 1. The quantitative estimate of drug-likeness (QED) is 0.670. The van der Waals surface area contributed by atoms with Crippen LogP contribution in [0.1, 0.15) is 28.2 Å². The lowest BCUT2D eigenvalue weighted by Crippen LogP contribution is -2.47. The van der Waals surface area contributed by atoms with E-state index in [0.29, 0.717) is 24.1 Å². The number of hydrogen-bond donors (Lipinski definition) is 1. The number of carbonyl (C=O) groups is 2. The van der Waals surface area contributed by atoms with Crippen LogP contribution in [0, 0.1) is 5.82 Å². The summed E-state index contributed by atoms with van der Waals surface area (Å²) in [5.41, 5.74) is 1.65. The lowest BCUT2D eigenvalue weighted by atomic mass is 10.1. The predicted octanol–water partition coefficient (Wildman–Crippen LogP) is 0.872. The summed E-state index contributed by atoms with van der Waals surface area (Å²) in [6.45, 7) is 0.127. The first kappa shape index (κ1) is 20.5. The van der Waals surface area contributed by atoms with E-state index in [1.807, 2.05) is 0 Å². The molecule has 1 aliphatic rings. The normalized spacial score (nSPS) is 16.0. The second kappa shape index (κ2) is 8.13. The summed E-state index contributed by atoms with van der Waals surface area (Å²) in [6, 6.07) is 7.00. The first-order chi connectivity index (χ1) is 14.8. The fourth-order valence-corrected chi connectivity index (χ4v) is 3.57. The van der Waals surface area contributed by atoms with Gasteiger partial charge < -0.3 is 14.8 Å². The van der Waals surface area contributed by atoms with Gasteiger partial charge in [0.05, 0.1) is 12.2 Å². The molecular formula is C21H21FN6O3. The Bertz CT molecular complexity index is 1220. The minimum absolute atomic E-state index is 0.109. The van der Waals surface area contributed by atoms with E-state index in [1.54, 1.807) is 38.5 Å². The maximum Gasteiger partial charge on any atom is 0.291 e. The number of likely N-dealkylation sites (N-methyl/N-ethyl adjacent to an activating group) is 1. The Hall–Kier alpha value is -3.82. The Kier molecular flexibility index (Phi) is 5.37. The van der Waals surface area contributed by atoms with Gasteiger partial charge in [-0.1, -0.05) is 18.2 Å². The van der Waals surface area contributed by atoms with Crippen LogP contribution in [0.2, 0.25) is 0 Å². The first-order valence-electron chi connectivity index (χ1n) is 9.74. The topological polar surface area (TPSA) is 102 Å². The SMILES string of the molecule is CN1C(=O)C(NC(=O)c2ncn(Cc3ccccc3F)n2)CCc2cc(=O)n(C)cc21. The zero-order valence-corrected chi connectivity index (χ0v) is 17.1. The van der Waals surface area contributed by atoms with Crippen LogP contribution < -0.4 is 15.8 Å². The number of aryl methyl sites for hydroxylation is 2. The fourth-order valence-electron chi connectivity index (χ4n) is 3.57. The number of halogens is 1. The van der Waals surface area contributed by atoms with Gasteiger partial charge >= 0.3 is 0 Å². The summed E-state index contributed by atoms with van der Waals surface area (Å²) >= 11 is 0. The van der Waals surface area contributed by atoms with E-state index in [0.717, 1.165) is 5.56 Å². The van der Waals surface area contributed by atoms with Gasteiger partial charge in [-0.25, -0.2) is 14.1 Å². The number of benzene rings is 1. The lowest BCUT2D eigenvalue weighted by Gasteiger charge is -2.22. The summed E-state index contributed by atoms with van der Waals surface area (Å²) in [5, 5.41) is 6.78. The Labute approximate surface area is 177 Å². The molecule has 0 spiro atoms. The zero-order chi connectivity index (χ0) is 22.1. The highest BCUT2D eigenvalue weighted by Gasteiger charge is 2.30. The molecule has 4 rings (SSSR count). The van der Waals surface area contributed by atoms with Crippen LogP contribution in [0.25, 0.3) is 0 Å². The van der Waals surface area contributed by atoms with E-state index in [4.69, 9.17) is 0 Å². The molecule has 31 heavy (non-hydrogen) atoms. The van der Waals surface area contributed by atoms with Crippen molar-refractivity contribution in [1.82, 2.24) is 24.6 Å². The molecule has 0 saturated carbocycles. The van der Waals surface area contributed by atoms with E-state index in [1.165, 1.54) is 32.6 Å². The Balaban J connectivity index is 1.48. The molecule has 0 aliphatic carbocycles. The smallest absolute Gasteiger partial charge is 0.291 e. The largest absolute Gasteiger partial charge is 0.337 e. The van der Waals surface area contributed by atoms with Crippen molar-refractivity contribution in [2.75, 3.05) is 11.9 Å². The van der Waals surface area contributed by atoms with Gasteiger partial charge in [-0.3, -0.25) is 14.4 Å². The molecular weight excluding hydrogens is 403 g/mol. The fraction of sp³-hybridized carbons (Fsp3) is 0.286. The van der Waals surface area contributed by atoms with Gasteiger partial charge in [0, 0.05) is 31.9 Å². The minimum Gasteiger partial charge on any atom is -0.337 e. The molecule has 1 atom stereocenters. The standard InChI is InChI=1S/C21H21FN6O3/c1-26-11-17-13(9-18(26)29)7-8-16(21(31)27(17)2)24-20(30)19-23-12-28(25-19)10-14-5-3-4-6-15(14)22/h3-6,9,11-12,16H,7-8,10H2,1-2H3,(H,24,30). The van der Waals surface area contributed by atoms with E-state index < -0.39 is 11.9 Å². The van der Waals surface area contributed by atoms with Gasteiger partial charge in [0.25, 0.3) is 11.5 Å². The molecule has 1 N–H and O–H groups in total. The Morgan fingerprint density at radius 3 is 2.81 bits per heavy atom. The van der Waals surface area contributed by atoms with E-state index in [2.05, 4.69) is 15.4 Å². The number of anilines is 1. The Morgan fingerprint density at radius 1 is 1.26 bits per heavy atom. The molecule has 0 fully saturated rings. The molecule has 0 saturated heterocycles. The highest BCUT2D eigenvalue weighted by molar-refractivity contribution is 6.01. The van der Waals surface area contributed by atoms with Gasteiger partial charge in [0.15, 0.2) is 0 Å². The number of aromatic nitrogens is 4. The van der Waals surface area contributed by atoms with Gasteiger partial charge in [0.2, 0.25) is 11.7 Å². The monoisotopic (exact) mass is 424 g/mol. The maximum atomic E-state index is 13.8. The minimum atomic E-state index is -0.788. The number of amides is 2. The van der Waals surface area contributed by atoms with Crippen LogP contribution in [-0.4, -0.2) is 44.2 Å². The van der Waals surface area contributed by atoms with Gasteiger partial charge in [0.1, 0.15) is 18.2 Å². The number of fused-ring (bicyclic) bond motifs is 1. The van der Waals surface area contributed by atoms with Crippen molar-refractivity contribution >= 4 is 17.5 Å². The number of carbonyl (C=O) groups excluding carboxylic acids is 2. The number of nitrogens with zero attached hydrogens (tertiary/aromatic N) is 5. The van der Waals surface area contributed by atoms with Crippen molar-refractivity contribution < 1.29 is 14.0 Å². The highest BCUT2D eigenvalue weighted by atomic mass is 19.1. The lowest BCUT2D eigenvalue weighted by molar-refractivity contribution is -0.120. The second-order valence-electron chi connectivity index (χ2n) is 7.45. The van der Waals surface area contributed by atoms with Crippen LogP contribution in [0.15, 0.2) is 47.7 Å². The van der Waals surface area contributed by atoms with Crippen molar-refractivity contribution in [2.45, 2.75) is 25.4 Å². The van der Waals surface area contributed by atoms with Crippen molar-refractivity contribution in [3.8, 4) is 0 Å². The van der Waals surface area contributed by atoms with Crippen molar-refractivity contribution in [1.29, 1.82) is 0 Å². The highest BCUT2D eigenvalue weighted by Crippen LogP contribution is 2.24. The van der Waals surface area contributed by atoms with Crippen molar-refractivity contribution in [3.63, 3.8) is 0 Å². The molecule has 1 aromatic carbocycles. The van der Waals surface area contributed by atoms with Crippen molar-refractivity contribution in [3.05, 3.63) is 76.0 Å². The van der Waals surface area contributed by atoms with Crippen LogP contribution in [0.3, 0.4) is 0 Å². The molecule has 1 aliphatic heterocycles. The molecule has 0 bridgehead atoms. The van der Waals surface area contributed by atoms with E-state index in [-0.39, 0.29) is 29.7 Å². The molecule has 0 radical (unpaired) electrons. The molecule has 9 nitrogen and oxygen atoms in total. The van der Waals surface area contributed by atoms with Gasteiger partial charge in [-0.15, -0.1) is 5.10 Å². The molecule has 3 heterocycles. The summed E-state index contributed by atoms with van der Waals surface area (Å²) in [6.07, 6.45) is 3.76. The molecule has 160 valence electrons. The number of rotatable bonds is 4. The maximum absolute atomic E-state index is 13.8. The van der Waals surface area contributed by atoms with Crippen LogP contribution in [0.5, 0.6) is 0 Å².